The number of alkyl halides is 4. The fraction of sp³-hybridized carbons (Fsp3) is 0.273. The number of Topliss-reactive ketones (excluding diaryl/α,β-unsaturated/α-hetero) is 1. The molecule has 1 aromatic carbocycles. The number of ketones is 1. The van der Waals surface area contributed by atoms with Crippen LogP contribution in [0.2, 0.25) is 0 Å². The first kappa shape index (κ1) is 13.7. The summed E-state index contributed by atoms with van der Waals surface area (Å²) in [6.07, 6.45) is -4.64. The number of nitrogens with zero attached hydrogens (tertiary/aromatic N) is 1. The van der Waals surface area contributed by atoms with Crippen molar-refractivity contribution < 1.29 is 18.0 Å². The molecule has 0 heterocycles. The predicted octanol–water partition coefficient (Wildman–Crippen LogP) is 3.54. The molecule has 1 unspecified atom stereocenters. The maximum atomic E-state index is 12.6. The third-order valence-corrected chi connectivity index (χ3v) is 2.52. The van der Waals surface area contributed by atoms with E-state index in [0.29, 0.717) is 0 Å². The SMILES string of the molecule is CC(Br)C(=O)c1cccc(C(F)(F)F)c1C#N. The third-order valence-electron chi connectivity index (χ3n) is 2.11. The molecular formula is C11H7BrF3NO. The van der Waals surface area contributed by atoms with Gasteiger partial charge in [0, 0.05) is 5.56 Å². The third kappa shape index (κ3) is 2.86. The molecule has 1 rings (SSSR count). The molecule has 0 fully saturated rings. The lowest BCUT2D eigenvalue weighted by atomic mass is 9.97. The monoisotopic (exact) mass is 305 g/mol. The van der Waals surface area contributed by atoms with E-state index in [2.05, 4.69) is 15.9 Å². The lowest BCUT2D eigenvalue weighted by molar-refractivity contribution is -0.137. The van der Waals surface area contributed by atoms with E-state index in [9.17, 15) is 18.0 Å². The van der Waals surface area contributed by atoms with Gasteiger partial charge in [-0.05, 0) is 19.1 Å². The zero-order valence-electron chi connectivity index (χ0n) is 8.68. The van der Waals surface area contributed by atoms with Crippen LogP contribution in [0.3, 0.4) is 0 Å². The lowest BCUT2D eigenvalue weighted by Gasteiger charge is -2.12. The van der Waals surface area contributed by atoms with E-state index < -0.39 is 27.9 Å². The van der Waals surface area contributed by atoms with Crippen LogP contribution < -0.4 is 0 Å². The maximum absolute atomic E-state index is 12.6. The molecule has 0 aliphatic carbocycles. The van der Waals surface area contributed by atoms with Crippen LogP contribution in [-0.4, -0.2) is 10.6 Å². The van der Waals surface area contributed by atoms with Gasteiger partial charge >= 0.3 is 6.18 Å². The van der Waals surface area contributed by atoms with E-state index in [1.807, 2.05) is 0 Å². The molecular weight excluding hydrogens is 299 g/mol. The Morgan fingerprint density at radius 1 is 1.47 bits per heavy atom. The van der Waals surface area contributed by atoms with Gasteiger partial charge in [0.25, 0.3) is 0 Å². The molecule has 90 valence electrons. The van der Waals surface area contributed by atoms with Gasteiger partial charge in [-0.3, -0.25) is 4.79 Å². The van der Waals surface area contributed by atoms with E-state index in [1.54, 1.807) is 0 Å². The fourth-order valence-corrected chi connectivity index (χ4v) is 1.58. The highest BCUT2D eigenvalue weighted by Crippen LogP contribution is 2.33. The smallest absolute Gasteiger partial charge is 0.293 e. The van der Waals surface area contributed by atoms with Crippen molar-refractivity contribution >= 4 is 21.7 Å². The number of nitriles is 1. The maximum Gasteiger partial charge on any atom is 0.417 e. The van der Waals surface area contributed by atoms with Crippen molar-refractivity contribution in [3.63, 3.8) is 0 Å². The minimum atomic E-state index is -4.64. The summed E-state index contributed by atoms with van der Waals surface area (Å²) in [5.74, 6) is -0.548. The fourth-order valence-electron chi connectivity index (χ4n) is 1.33. The molecule has 0 N–H and O–H groups in total. The molecule has 0 bridgehead atoms. The summed E-state index contributed by atoms with van der Waals surface area (Å²) in [4.78, 5) is 11.0. The van der Waals surface area contributed by atoms with Crippen molar-refractivity contribution in [2.24, 2.45) is 0 Å². The van der Waals surface area contributed by atoms with Crippen molar-refractivity contribution in [3.05, 3.63) is 34.9 Å². The number of halogens is 4. The summed E-state index contributed by atoms with van der Waals surface area (Å²) in [5.41, 5.74) is -1.93. The summed E-state index contributed by atoms with van der Waals surface area (Å²) in [6, 6.07) is 4.56. The zero-order chi connectivity index (χ0) is 13.2. The van der Waals surface area contributed by atoms with Crippen LogP contribution in [0.1, 0.15) is 28.4 Å². The van der Waals surface area contributed by atoms with E-state index >= 15 is 0 Å². The highest BCUT2D eigenvalue weighted by atomic mass is 79.9. The first-order valence-corrected chi connectivity index (χ1v) is 5.49. The number of hydrogen-bond acceptors (Lipinski definition) is 2. The van der Waals surface area contributed by atoms with Crippen LogP contribution in [0.15, 0.2) is 18.2 Å². The van der Waals surface area contributed by atoms with E-state index in [4.69, 9.17) is 5.26 Å². The summed E-state index contributed by atoms with van der Waals surface area (Å²) < 4.78 is 37.8. The quantitative estimate of drug-likeness (QED) is 0.619. The van der Waals surface area contributed by atoms with Gasteiger partial charge < -0.3 is 0 Å². The van der Waals surface area contributed by atoms with Gasteiger partial charge in [-0.15, -0.1) is 0 Å². The van der Waals surface area contributed by atoms with Gasteiger partial charge in [0.05, 0.1) is 16.0 Å². The standard InChI is InChI=1S/C11H7BrF3NO/c1-6(12)10(17)7-3-2-4-9(8(7)5-16)11(13,14)15/h2-4,6H,1H3. The second kappa shape index (κ2) is 4.88. The number of carbonyl (C=O) groups excluding carboxylic acids is 1. The van der Waals surface area contributed by atoms with Crippen molar-refractivity contribution in [1.82, 2.24) is 0 Å². The average molecular weight is 306 g/mol. The molecule has 6 heteroatoms. The molecule has 2 nitrogen and oxygen atoms in total. The van der Waals surface area contributed by atoms with Gasteiger partial charge in [0.1, 0.15) is 6.07 Å². The Hall–Kier alpha value is -1.35. The van der Waals surface area contributed by atoms with Gasteiger partial charge in [-0.25, -0.2) is 0 Å². The second-order valence-corrected chi connectivity index (χ2v) is 4.69. The Balaban J connectivity index is 3.46. The van der Waals surface area contributed by atoms with Crippen molar-refractivity contribution in [2.75, 3.05) is 0 Å². The van der Waals surface area contributed by atoms with Crippen molar-refractivity contribution in [3.8, 4) is 6.07 Å². The van der Waals surface area contributed by atoms with Crippen LogP contribution >= 0.6 is 15.9 Å². The number of hydrogen-bond donors (Lipinski definition) is 0. The zero-order valence-corrected chi connectivity index (χ0v) is 10.3. The topological polar surface area (TPSA) is 40.9 Å². The van der Waals surface area contributed by atoms with Gasteiger partial charge in [-0.2, -0.15) is 18.4 Å². The van der Waals surface area contributed by atoms with Crippen LogP contribution in [0, 0.1) is 11.3 Å². The van der Waals surface area contributed by atoms with E-state index in [1.165, 1.54) is 19.1 Å². The number of carbonyl (C=O) groups is 1. The molecule has 0 radical (unpaired) electrons. The Morgan fingerprint density at radius 2 is 2.06 bits per heavy atom. The Labute approximate surface area is 104 Å². The molecule has 0 aliphatic rings. The summed E-state index contributed by atoms with van der Waals surface area (Å²) in [6.45, 7) is 1.49. The normalized spacial score (nSPS) is 12.9. The largest absolute Gasteiger partial charge is 0.417 e. The molecule has 17 heavy (non-hydrogen) atoms. The van der Waals surface area contributed by atoms with Crippen LogP contribution in [0.4, 0.5) is 13.2 Å². The van der Waals surface area contributed by atoms with Crippen LogP contribution in [0.5, 0.6) is 0 Å². The minimum absolute atomic E-state index is 0.216. The first-order chi connectivity index (χ1) is 7.79. The Kier molecular flexibility index (Phi) is 3.94. The number of benzene rings is 1. The highest BCUT2D eigenvalue weighted by Gasteiger charge is 2.35. The molecule has 0 saturated carbocycles. The lowest BCUT2D eigenvalue weighted by Crippen LogP contribution is -2.16. The summed E-state index contributed by atoms with van der Waals surface area (Å²) >= 11 is 2.97. The average Bonchev–Trinajstić information content (AvgIpc) is 2.25. The molecule has 1 aromatic rings. The number of rotatable bonds is 2. The minimum Gasteiger partial charge on any atom is -0.293 e. The Morgan fingerprint density at radius 3 is 2.47 bits per heavy atom. The van der Waals surface area contributed by atoms with E-state index in [-0.39, 0.29) is 5.56 Å². The summed E-state index contributed by atoms with van der Waals surface area (Å²) in [5, 5.41) is 8.78. The molecule has 0 aromatic heterocycles. The molecule has 0 spiro atoms. The van der Waals surface area contributed by atoms with E-state index in [0.717, 1.165) is 12.1 Å². The first-order valence-electron chi connectivity index (χ1n) is 4.57. The van der Waals surface area contributed by atoms with Crippen LogP contribution in [0.25, 0.3) is 0 Å². The van der Waals surface area contributed by atoms with Gasteiger partial charge in [-0.1, -0.05) is 22.0 Å². The van der Waals surface area contributed by atoms with Crippen LogP contribution in [-0.2, 0) is 6.18 Å². The Bertz CT molecular complexity index is 488. The van der Waals surface area contributed by atoms with Gasteiger partial charge in [0.15, 0.2) is 5.78 Å². The van der Waals surface area contributed by atoms with Crippen molar-refractivity contribution in [2.45, 2.75) is 17.9 Å². The molecule has 1 atom stereocenters. The van der Waals surface area contributed by atoms with Gasteiger partial charge in [0.2, 0.25) is 0 Å². The summed E-state index contributed by atoms with van der Waals surface area (Å²) in [7, 11) is 0. The molecule has 0 aliphatic heterocycles. The predicted molar refractivity (Wildman–Crippen MR) is 58.9 cm³/mol. The van der Waals surface area contributed by atoms with Crippen molar-refractivity contribution in [1.29, 1.82) is 5.26 Å². The molecule has 0 amide bonds. The highest BCUT2D eigenvalue weighted by molar-refractivity contribution is 9.10. The second-order valence-electron chi connectivity index (χ2n) is 3.32. The molecule has 0 saturated heterocycles.